The van der Waals surface area contributed by atoms with Crippen molar-refractivity contribution in [1.29, 1.82) is 0 Å². The molecule has 1 aromatic heterocycles. The number of nitrogens with zero attached hydrogens (tertiary/aromatic N) is 2. The van der Waals surface area contributed by atoms with Crippen LogP contribution in [0.15, 0.2) is 38.7 Å². The van der Waals surface area contributed by atoms with Crippen LogP contribution in [0, 0.1) is 0 Å². The fourth-order valence-electron chi connectivity index (χ4n) is 2.70. The predicted molar refractivity (Wildman–Crippen MR) is 115 cm³/mol. The highest BCUT2D eigenvalue weighted by Gasteiger charge is 2.14. The lowest BCUT2D eigenvalue weighted by molar-refractivity contribution is 0.380. The van der Waals surface area contributed by atoms with Crippen molar-refractivity contribution in [2.75, 3.05) is 19.6 Å². The van der Waals surface area contributed by atoms with Crippen LogP contribution in [0.4, 0.5) is 0 Å². The zero-order chi connectivity index (χ0) is 21.3. The first-order chi connectivity index (χ1) is 13.9. The van der Waals surface area contributed by atoms with Crippen LogP contribution in [0.5, 0.6) is 0 Å². The minimum Gasteiger partial charge on any atom is -0.361 e. The molecule has 2 aromatic rings. The summed E-state index contributed by atoms with van der Waals surface area (Å²) in [6.07, 6.45) is 1.54. The lowest BCUT2D eigenvalue weighted by Crippen LogP contribution is -2.41. The first kappa shape index (κ1) is 23.2. The van der Waals surface area contributed by atoms with E-state index in [1.54, 1.807) is 12.1 Å². The summed E-state index contributed by atoms with van der Waals surface area (Å²) >= 11 is 5.87. The molecule has 0 aliphatic carbocycles. The highest BCUT2D eigenvalue weighted by Crippen LogP contribution is 2.17. The number of aliphatic imine (C=N–C) groups is 1. The van der Waals surface area contributed by atoms with Crippen LogP contribution >= 0.6 is 11.6 Å². The molecule has 0 atom stereocenters. The Morgan fingerprint density at radius 3 is 2.62 bits per heavy atom. The molecule has 1 heterocycles. The summed E-state index contributed by atoms with van der Waals surface area (Å²) in [4.78, 5) is 4.71. The van der Waals surface area contributed by atoms with E-state index in [4.69, 9.17) is 16.1 Å². The van der Waals surface area contributed by atoms with Gasteiger partial charge in [0.15, 0.2) is 5.96 Å². The standard InChI is InChI=1S/C19H28ClN5O3S/c1-4-17-16(18(5-2)28-25-17)13-23-19(21-6-3)22-10-11-24-29(26,27)15-9-7-8-14(20)12-15/h7-9,12,24H,4-6,10-11,13H2,1-3H3,(H2,21,22,23). The van der Waals surface area contributed by atoms with Crippen molar-refractivity contribution in [2.24, 2.45) is 4.99 Å². The van der Waals surface area contributed by atoms with Gasteiger partial charge < -0.3 is 15.2 Å². The summed E-state index contributed by atoms with van der Waals surface area (Å²) in [5.74, 6) is 1.44. The largest absolute Gasteiger partial charge is 0.361 e. The monoisotopic (exact) mass is 441 g/mol. The molecular formula is C19H28ClN5O3S. The van der Waals surface area contributed by atoms with Crippen LogP contribution in [0.2, 0.25) is 5.02 Å². The first-order valence-corrected chi connectivity index (χ1v) is 11.5. The van der Waals surface area contributed by atoms with Gasteiger partial charge in [0.1, 0.15) is 5.76 Å². The second-order valence-electron chi connectivity index (χ2n) is 6.22. The number of rotatable bonds is 10. The number of halogens is 1. The minimum atomic E-state index is -3.61. The topological polar surface area (TPSA) is 109 Å². The molecule has 0 spiro atoms. The van der Waals surface area contributed by atoms with Crippen molar-refractivity contribution in [3.63, 3.8) is 0 Å². The van der Waals surface area contributed by atoms with E-state index < -0.39 is 10.0 Å². The van der Waals surface area contributed by atoms with E-state index >= 15 is 0 Å². The predicted octanol–water partition coefficient (Wildman–Crippen LogP) is 2.49. The number of benzene rings is 1. The molecule has 0 amide bonds. The second-order valence-corrected chi connectivity index (χ2v) is 8.42. The number of guanidine groups is 1. The Hall–Kier alpha value is -2.10. The highest BCUT2D eigenvalue weighted by molar-refractivity contribution is 7.89. The normalized spacial score (nSPS) is 12.2. The molecule has 10 heteroatoms. The van der Waals surface area contributed by atoms with Crippen LogP contribution in [0.3, 0.4) is 0 Å². The van der Waals surface area contributed by atoms with Gasteiger partial charge in [0.05, 0.1) is 17.1 Å². The Bertz CT molecular complexity index is 906. The van der Waals surface area contributed by atoms with Gasteiger partial charge in [-0.3, -0.25) is 0 Å². The molecule has 2 rings (SSSR count). The Labute approximate surface area is 177 Å². The molecular weight excluding hydrogens is 414 g/mol. The van der Waals surface area contributed by atoms with E-state index in [1.807, 2.05) is 20.8 Å². The summed E-state index contributed by atoms with van der Waals surface area (Å²) < 4.78 is 32.6. The zero-order valence-corrected chi connectivity index (χ0v) is 18.5. The van der Waals surface area contributed by atoms with Crippen molar-refractivity contribution in [2.45, 2.75) is 45.1 Å². The van der Waals surface area contributed by atoms with Gasteiger partial charge in [0, 0.05) is 36.6 Å². The molecule has 0 aliphatic heterocycles. The van der Waals surface area contributed by atoms with Crippen LogP contribution in [0.1, 0.15) is 37.8 Å². The highest BCUT2D eigenvalue weighted by atomic mass is 35.5. The van der Waals surface area contributed by atoms with E-state index in [9.17, 15) is 8.42 Å². The molecule has 160 valence electrons. The number of hydrogen-bond donors (Lipinski definition) is 3. The third kappa shape index (κ3) is 6.73. The average molecular weight is 442 g/mol. The Morgan fingerprint density at radius 1 is 1.17 bits per heavy atom. The third-order valence-electron chi connectivity index (χ3n) is 4.16. The maximum absolute atomic E-state index is 12.3. The van der Waals surface area contributed by atoms with Gasteiger partial charge in [0.2, 0.25) is 10.0 Å². The van der Waals surface area contributed by atoms with E-state index in [-0.39, 0.29) is 11.4 Å². The maximum Gasteiger partial charge on any atom is 0.240 e. The summed E-state index contributed by atoms with van der Waals surface area (Å²) in [7, 11) is -3.61. The van der Waals surface area contributed by atoms with Gasteiger partial charge in [-0.25, -0.2) is 18.1 Å². The SMILES string of the molecule is CCNC(=NCc1c(CC)noc1CC)NCCNS(=O)(=O)c1cccc(Cl)c1. The van der Waals surface area contributed by atoms with Crippen molar-refractivity contribution in [3.05, 3.63) is 46.3 Å². The van der Waals surface area contributed by atoms with E-state index in [0.717, 1.165) is 29.9 Å². The van der Waals surface area contributed by atoms with E-state index in [2.05, 4.69) is 25.5 Å². The summed E-state index contributed by atoms with van der Waals surface area (Å²) in [5, 5.41) is 10.7. The van der Waals surface area contributed by atoms with Gasteiger partial charge in [-0.1, -0.05) is 36.7 Å². The molecule has 1 aromatic carbocycles. The van der Waals surface area contributed by atoms with Gasteiger partial charge in [-0.2, -0.15) is 0 Å². The molecule has 8 nitrogen and oxygen atoms in total. The van der Waals surface area contributed by atoms with E-state index in [1.165, 1.54) is 12.1 Å². The van der Waals surface area contributed by atoms with Gasteiger partial charge >= 0.3 is 0 Å². The van der Waals surface area contributed by atoms with Crippen molar-refractivity contribution >= 4 is 27.6 Å². The smallest absolute Gasteiger partial charge is 0.240 e. The summed E-state index contributed by atoms with van der Waals surface area (Å²) in [5.41, 5.74) is 1.92. The van der Waals surface area contributed by atoms with Gasteiger partial charge in [-0.15, -0.1) is 0 Å². The quantitative estimate of drug-likeness (QED) is 0.297. The minimum absolute atomic E-state index is 0.136. The number of nitrogens with one attached hydrogen (secondary N) is 3. The molecule has 0 fully saturated rings. The molecule has 0 radical (unpaired) electrons. The molecule has 0 saturated carbocycles. The van der Waals surface area contributed by atoms with Crippen LogP contribution in [0.25, 0.3) is 0 Å². The molecule has 0 bridgehead atoms. The average Bonchev–Trinajstić information content (AvgIpc) is 3.11. The van der Waals surface area contributed by atoms with E-state index in [0.29, 0.717) is 30.6 Å². The number of aryl methyl sites for hydroxylation is 2. The molecule has 3 N–H and O–H groups in total. The molecule has 0 unspecified atom stereocenters. The first-order valence-electron chi connectivity index (χ1n) is 9.64. The van der Waals surface area contributed by atoms with Crippen LogP contribution < -0.4 is 15.4 Å². The fraction of sp³-hybridized carbons (Fsp3) is 0.474. The van der Waals surface area contributed by atoms with Crippen molar-refractivity contribution in [3.8, 4) is 0 Å². The van der Waals surface area contributed by atoms with Gasteiger partial charge in [0.25, 0.3) is 0 Å². The Balaban J connectivity index is 1.94. The Kier molecular flexibility index (Phi) is 8.94. The lowest BCUT2D eigenvalue weighted by atomic mass is 10.1. The van der Waals surface area contributed by atoms with Gasteiger partial charge in [-0.05, 0) is 31.5 Å². The fourth-order valence-corrected chi connectivity index (χ4v) is 4.03. The van der Waals surface area contributed by atoms with Crippen molar-refractivity contribution in [1.82, 2.24) is 20.5 Å². The maximum atomic E-state index is 12.3. The second kappa shape index (κ2) is 11.2. The number of aromatic nitrogens is 1. The molecule has 0 aliphatic rings. The molecule has 29 heavy (non-hydrogen) atoms. The third-order valence-corrected chi connectivity index (χ3v) is 5.86. The summed E-state index contributed by atoms with van der Waals surface area (Å²) in [6.45, 7) is 7.71. The van der Waals surface area contributed by atoms with Crippen molar-refractivity contribution < 1.29 is 12.9 Å². The lowest BCUT2D eigenvalue weighted by Gasteiger charge is -2.12. The zero-order valence-electron chi connectivity index (χ0n) is 17.0. The van der Waals surface area contributed by atoms with Crippen LogP contribution in [-0.4, -0.2) is 39.2 Å². The number of hydrogen-bond acceptors (Lipinski definition) is 5. The molecule has 0 saturated heterocycles. The number of sulfonamides is 1. The summed E-state index contributed by atoms with van der Waals surface area (Å²) in [6, 6.07) is 6.15. The van der Waals surface area contributed by atoms with Crippen LogP contribution in [-0.2, 0) is 29.4 Å². The Morgan fingerprint density at radius 2 is 1.97 bits per heavy atom.